The molecule has 0 radical (unpaired) electrons. The second-order valence-electron chi connectivity index (χ2n) is 7.49. The Bertz CT molecular complexity index is 986. The van der Waals surface area contributed by atoms with Crippen LogP contribution >= 0.6 is 0 Å². The van der Waals surface area contributed by atoms with Gasteiger partial charge in [-0.2, -0.15) is 0 Å². The lowest BCUT2D eigenvalue weighted by molar-refractivity contribution is -0.110. The predicted octanol–water partition coefficient (Wildman–Crippen LogP) is 4.38. The molecule has 0 atom stereocenters. The molecule has 2 aromatic rings. The quantitative estimate of drug-likeness (QED) is 0.736. The second-order valence-corrected chi connectivity index (χ2v) is 7.49. The molecule has 0 spiro atoms. The molecule has 138 valence electrons. The molecule has 0 saturated carbocycles. The summed E-state index contributed by atoms with van der Waals surface area (Å²) in [7, 11) is 0. The van der Waals surface area contributed by atoms with E-state index in [1.807, 2.05) is 57.2 Å². The maximum atomic E-state index is 12.5. The Morgan fingerprint density at radius 1 is 1.15 bits per heavy atom. The number of ether oxygens (including phenoxy) is 2. The fourth-order valence-corrected chi connectivity index (χ4v) is 3.19. The highest BCUT2D eigenvalue weighted by molar-refractivity contribution is 6.36. The van der Waals surface area contributed by atoms with Crippen molar-refractivity contribution in [2.24, 2.45) is 0 Å². The van der Waals surface area contributed by atoms with Gasteiger partial charge in [0.2, 0.25) is 0 Å². The van der Waals surface area contributed by atoms with E-state index >= 15 is 0 Å². The molecule has 2 heterocycles. The average Bonchev–Trinajstić information content (AvgIpc) is 3.12. The van der Waals surface area contributed by atoms with Crippen LogP contribution in [0.15, 0.2) is 42.5 Å². The van der Waals surface area contributed by atoms with Crippen LogP contribution in [-0.4, -0.2) is 17.6 Å². The first-order valence-corrected chi connectivity index (χ1v) is 8.73. The third-order valence-corrected chi connectivity index (χ3v) is 4.27. The van der Waals surface area contributed by atoms with Crippen molar-refractivity contribution in [1.29, 1.82) is 0 Å². The Hall–Kier alpha value is -3.28. The van der Waals surface area contributed by atoms with Gasteiger partial charge >= 0.3 is 6.09 Å². The van der Waals surface area contributed by atoms with Gasteiger partial charge in [-0.05, 0) is 39.0 Å². The maximum Gasteiger partial charge on any atom is 0.412 e. The smallest absolute Gasteiger partial charge is 0.412 e. The van der Waals surface area contributed by atoms with Crippen molar-refractivity contribution in [2.45, 2.75) is 33.0 Å². The number of anilines is 2. The molecule has 0 aromatic heterocycles. The molecular weight excluding hydrogens is 344 g/mol. The van der Waals surface area contributed by atoms with Gasteiger partial charge in [-0.25, -0.2) is 4.79 Å². The SMILES string of the molecule is CC(C)(C)OC(=O)Nc1ccc2c(c1)/C(=C1\C(=O)Nc3ccccc31)OC2. The van der Waals surface area contributed by atoms with Crippen LogP contribution in [-0.2, 0) is 20.9 Å². The summed E-state index contributed by atoms with van der Waals surface area (Å²) in [4.78, 5) is 24.5. The molecule has 6 nitrogen and oxygen atoms in total. The minimum Gasteiger partial charge on any atom is -0.487 e. The fraction of sp³-hybridized carbons (Fsp3) is 0.238. The molecule has 2 aromatic carbocycles. The number of para-hydroxylation sites is 1. The summed E-state index contributed by atoms with van der Waals surface area (Å²) < 4.78 is 11.1. The van der Waals surface area contributed by atoms with Crippen LogP contribution in [0.4, 0.5) is 16.2 Å². The van der Waals surface area contributed by atoms with Crippen molar-refractivity contribution in [3.63, 3.8) is 0 Å². The molecule has 2 amide bonds. The number of amides is 2. The molecule has 0 bridgehead atoms. The molecule has 2 N–H and O–H groups in total. The van der Waals surface area contributed by atoms with Crippen LogP contribution in [0.3, 0.4) is 0 Å². The molecule has 0 unspecified atom stereocenters. The zero-order chi connectivity index (χ0) is 19.2. The summed E-state index contributed by atoms with van der Waals surface area (Å²) in [6.45, 7) is 5.81. The molecule has 0 fully saturated rings. The Morgan fingerprint density at radius 2 is 1.93 bits per heavy atom. The molecule has 2 aliphatic rings. The summed E-state index contributed by atoms with van der Waals surface area (Å²) >= 11 is 0. The zero-order valence-corrected chi connectivity index (χ0v) is 15.4. The van der Waals surface area contributed by atoms with Crippen LogP contribution in [0.5, 0.6) is 0 Å². The van der Waals surface area contributed by atoms with Crippen molar-refractivity contribution in [3.8, 4) is 0 Å². The normalized spacial score (nSPS) is 17.7. The van der Waals surface area contributed by atoms with Crippen molar-refractivity contribution in [3.05, 3.63) is 59.2 Å². The van der Waals surface area contributed by atoms with E-state index in [4.69, 9.17) is 9.47 Å². The van der Waals surface area contributed by atoms with Crippen molar-refractivity contribution < 1.29 is 19.1 Å². The Kier molecular flexibility index (Phi) is 3.91. The lowest BCUT2D eigenvalue weighted by Gasteiger charge is -2.19. The van der Waals surface area contributed by atoms with Crippen LogP contribution in [0.25, 0.3) is 11.3 Å². The first kappa shape index (κ1) is 17.1. The lowest BCUT2D eigenvalue weighted by Crippen LogP contribution is -2.27. The minimum atomic E-state index is -0.581. The van der Waals surface area contributed by atoms with Crippen LogP contribution in [0.1, 0.15) is 37.5 Å². The number of hydrogen-bond donors (Lipinski definition) is 2. The van der Waals surface area contributed by atoms with E-state index in [1.54, 1.807) is 6.07 Å². The number of fused-ring (bicyclic) bond motifs is 2. The van der Waals surface area contributed by atoms with E-state index in [0.717, 1.165) is 22.4 Å². The number of rotatable bonds is 1. The van der Waals surface area contributed by atoms with Gasteiger partial charge in [-0.15, -0.1) is 0 Å². The number of carbonyl (C=O) groups is 2. The Labute approximate surface area is 157 Å². The van der Waals surface area contributed by atoms with Crippen LogP contribution in [0.2, 0.25) is 0 Å². The topological polar surface area (TPSA) is 76.7 Å². The van der Waals surface area contributed by atoms with Crippen molar-refractivity contribution in [2.75, 3.05) is 10.6 Å². The standard InChI is InChI=1S/C21H20N2O4/c1-21(2,3)27-20(25)22-13-9-8-12-11-26-18(15(12)10-13)17-14-6-4-5-7-16(14)23-19(17)24/h4-10H,11H2,1-3H3,(H,22,25)(H,23,24)/b18-17+. The molecule has 27 heavy (non-hydrogen) atoms. The molecular formula is C21H20N2O4. The van der Waals surface area contributed by atoms with Crippen LogP contribution in [0, 0.1) is 0 Å². The summed E-state index contributed by atoms with van der Waals surface area (Å²) in [5.41, 5.74) is 3.86. The monoisotopic (exact) mass is 364 g/mol. The van der Waals surface area contributed by atoms with Gasteiger partial charge in [0, 0.05) is 28.1 Å². The highest BCUT2D eigenvalue weighted by Crippen LogP contribution is 2.42. The third-order valence-electron chi connectivity index (χ3n) is 4.27. The van der Waals surface area contributed by atoms with Crippen molar-refractivity contribution >= 4 is 34.7 Å². The average molecular weight is 364 g/mol. The maximum absolute atomic E-state index is 12.5. The Morgan fingerprint density at radius 3 is 2.70 bits per heavy atom. The van der Waals surface area contributed by atoms with Gasteiger partial charge < -0.3 is 14.8 Å². The lowest BCUT2D eigenvalue weighted by atomic mass is 10.00. The Balaban J connectivity index is 1.70. The summed E-state index contributed by atoms with van der Waals surface area (Å²) in [6, 6.07) is 13.0. The van der Waals surface area contributed by atoms with Gasteiger partial charge in [-0.1, -0.05) is 24.3 Å². The number of carbonyl (C=O) groups excluding carboxylic acids is 2. The molecule has 2 aliphatic heterocycles. The van der Waals surface area contributed by atoms with E-state index in [0.29, 0.717) is 23.6 Å². The second kappa shape index (κ2) is 6.16. The number of benzene rings is 2. The van der Waals surface area contributed by atoms with Gasteiger partial charge in [0.05, 0.1) is 5.57 Å². The van der Waals surface area contributed by atoms with Gasteiger partial charge in [0.15, 0.2) is 0 Å². The summed E-state index contributed by atoms with van der Waals surface area (Å²) in [6.07, 6.45) is -0.528. The van der Waals surface area contributed by atoms with Crippen LogP contribution < -0.4 is 10.6 Å². The predicted molar refractivity (Wildman–Crippen MR) is 103 cm³/mol. The van der Waals surface area contributed by atoms with E-state index < -0.39 is 11.7 Å². The van der Waals surface area contributed by atoms with E-state index in [1.165, 1.54) is 0 Å². The minimum absolute atomic E-state index is 0.190. The number of nitrogens with one attached hydrogen (secondary N) is 2. The highest BCUT2D eigenvalue weighted by Gasteiger charge is 2.32. The van der Waals surface area contributed by atoms with E-state index in [-0.39, 0.29) is 5.91 Å². The summed E-state index contributed by atoms with van der Waals surface area (Å²) in [5, 5.41) is 5.59. The van der Waals surface area contributed by atoms with E-state index in [9.17, 15) is 9.59 Å². The highest BCUT2D eigenvalue weighted by atomic mass is 16.6. The largest absolute Gasteiger partial charge is 0.487 e. The first-order valence-electron chi connectivity index (χ1n) is 8.73. The fourth-order valence-electron chi connectivity index (χ4n) is 3.19. The van der Waals surface area contributed by atoms with Gasteiger partial charge in [-0.3, -0.25) is 10.1 Å². The van der Waals surface area contributed by atoms with Crippen molar-refractivity contribution in [1.82, 2.24) is 0 Å². The molecule has 6 heteroatoms. The third kappa shape index (κ3) is 3.26. The molecule has 0 saturated heterocycles. The number of hydrogen-bond acceptors (Lipinski definition) is 4. The van der Waals surface area contributed by atoms with E-state index in [2.05, 4.69) is 10.6 Å². The first-order chi connectivity index (χ1) is 12.8. The molecule has 4 rings (SSSR count). The zero-order valence-electron chi connectivity index (χ0n) is 15.4. The summed E-state index contributed by atoms with van der Waals surface area (Å²) in [5.74, 6) is 0.338. The van der Waals surface area contributed by atoms with Gasteiger partial charge in [0.1, 0.15) is 18.0 Å². The molecule has 0 aliphatic carbocycles. The van der Waals surface area contributed by atoms with Gasteiger partial charge in [0.25, 0.3) is 5.91 Å².